The molecule has 90 valence electrons. The number of rotatable bonds is 2. The van der Waals surface area contributed by atoms with Gasteiger partial charge in [0, 0.05) is 0 Å². The lowest BCUT2D eigenvalue weighted by Crippen LogP contribution is -2.17. The van der Waals surface area contributed by atoms with Gasteiger partial charge < -0.3 is 9.53 Å². The predicted octanol–water partition coefficient (Wildman–Crippen LogP) is 2.66. The van der Waals surface area contributed by atoms with Crippen LogP contribution >= 0.6 is 0 Å². The summed E-state index contributed by atoms with van der Waals surface area (Å²) in [5, 5.41) is 0. The minimum absolute atomic E-state index is 0.121. The standard InChI is InChI=1S/C11H6F4O2/c12-10-5-4-9(17-11(13,14)15)7-8(10)3-1-2-6-16/h4-7H,2H2. The average Bonchev–Trinajstić information content (AvgIpc) is 2.21. The van der Waals surface area contributed by atoms with Crippen molar-refractivity contribution in [2.24, 2.45) is 0 Å². The second kappa shape index (κ2) is 5.34. The van der Waals surface area contributed by atoms with Crippen molar-refractivity contribution < 1.29 is 27.1 Å². The van der Waals surface area contributed by atoms with Gasteiger partial charge in [0.2, 0.25) is 0 Å². The summed E-state index contributed by atoms with van der Waals surface area (Å²) < 4.78 is 52.3. The number of alkyl halides is 3. The summed E-state index contributed by atoms with van der Waals surface area (Å²) in [4.78, 5) is 9.96. The highest BCUT2D eigenvalue weighted by molar-refractivity contribution is 5.55. The van der Waals surface area contributed by atoms with Crippen molar-refractivity contribution in [2.75, 3.05) is 0 Å². The number of hydrogen-bond acceptors (Lipinski definition) is 2. The minimum atomic E-state index is -4.84. The van der Waals surface area contributed by atoms with Crippen LogP contribution in [0.25, 0.3) is 0 Å². The largest absolute Gasteiger partial charge is 0.573 e. The van der Waals surface area contributed by atoms with Crippen LogP contribution in [0.5, 0.6) is 5.75 Å². The third kappa shape index (κ3) is 4.55. The maximum absolute atomic E-state index is 13.1. The fraction of sp³-hybridized carbons (Fsp3) is 0.182. The van der Waals surface area contributed by atoms with Crippen LogP contribution in [0.3, 0.4) is 0 Å². The van der Waals surface area contributed by atoms with Gasteiger partial charge in [-0.25, -0.2) is 4.39 Å². The lowest BCUT2D eigenvalue weighted by molar-refractivity contribution is -0.274. The molecule has 0 aliphatic heterocycles. The van der Waals surface area contributed by atoms with Crippen molar-refractivity contribution in [2.45, 2.75) is 12.8 Å². The van der Waals surface area contributed by atoms with Gasteiger partial charge >= 0.3 is 6.36 Å². The minimum Gasteiger partial charge on any atom is -0.406 e. The maximum atomic E-state index is 13.1. The van der Waals surface area contributed by atoms with E-state index in [1.54, 1.807) is 0 Å². The quantitative estimate of drug-likeness (QED) is 0.455. The van der Waals surface area contributed by atoms with E-state index in [1.165, 1.54) is 0 Å². The van der Waals surface area contributed by atoms with E-state index in [1.807, 2.05) is 0 Å². The molecule has 0 saturated carbocycles. The summed E-state index contributed by atoms with van der Waals surface area (Å²) in [6, 6.07) is 2.47. The maximum Gasteiger partial charge on any atom is 0.573 e. The molecule has 0 heterocycles. The van der Waals surface area contributed by atoms with Gasteiger partial charge in [-0.15, -0.1) is 13.2 Å². The van der Waals surface area contributed by atoms with E-state index in [2.05, 4.69) is 16.6 Å². The Balaban J connectivity index is 2.95. The predicted molar refractivity (Wildman–Crippen MR) is 50.6 cm³/mol. The third-order valence-electron chi connectivity index (χ3n) is 1.58. The zero-order chi connectivity index (χ0) is 12.9. The molecule has 0 aromatic heterocycles. The number of ether oxygens (including phenoxy) is 1. The Morgan fingerprint density at radius 3 is 2.65 bits per heavy atom. The van der Waals surface area contributed by atoms with Crippen LogP contribution in [0.4, 0.5) is 17.6 Å². The molecule has 0 unspecified atom stereocenters. The molecule has 0 saturated heterocycles. The van der Waals surface area contributed by atoms with Gasteiger partial charge in [-0.05, 0) is 18.2 Å². The smallest absolute Gasteiger partial charge is 0.406 e. The zero-order valence-electron chi connectivity index (χ0n) is 8.34. The molecule has 0 N–H and O–H groups in total. The van der Waals surface area contributed by atoms with Crippen LogP contribution in [0.2, 0.25) is 0 Å². The van der Waals surface area contributed by atoms with Crippen molar-refractivity contribution in [1.29, 1.82) is 0 Å². The highest BCUT2D eigenvalue weighted by atomic mass is 19.4. The lowest BCUT2D eigenvalue weighted by atomic mass is 10.2. The number of halogens is 4. The Bertz CT molecular complexity index is 469. The van der Waals surface area contributed by atoms with Gasteiger partial charge in [0.05, 0.1) is 12.0 Å². The molecule has 0 atom stereocenters. The number of benzene rings is 1. The van der Waals surface area contributed by atoms with Crippen LogP contribution in [0.15, 0.2) is 18.2 Å². The van der Waals surface area contributed by atoms with Crippen molar-refractivity contribution in [3.8, 4) is 17.6 Å². The molecule has 0 aliphatic rings. The van der Waals surface area contributed by atoms with Crippen molar-refractivity contribution >= 4 is 6.29 Å². The van der Waals surface area contributed by atoms with Gasteiger partial charge in [-0.3, -0.25) is 0 Å². The van der Waals surface area contributed by atoms with Crippen LogP contribution < -0.4 is 4.74 Å². The first-order valence-electron chi connectivity index (χ1n) is 4.40. The van der Waals surface area contributed by atoms with E-state index in [9.17, 15) is 22.4 Å². The topological polar surface area (TPSA) is 26.3 Å². The molecule has 17 heavy (non-hydrogen) atoms. The van der Waals surface area contributed by atoms with E-state index in [0.717, 1.165) is 18.2 Å². The number of hydrogen-bond donors (Lipinski definition) is 0. The van der Waals surface area contributed by atoms with Crippen LogP contribution in [0, 0.1) is 17.7 Å². The van der Waals surface area contributed by atoms with Gasteiger partial charge in [0.15, 0.2) is 0 Å². The molecule has 0 bridgehead atoms. The molecule has 1 aromatic rings. The molecule has 0 aliphatic carbocycles. The second-order valence-electron chi connectivity index (χ2n) is 2.86. The molecule has 0 radical (unpaired) electrons. The summed E-state index contributed by atoms with van der Waals surface area (Å²) in [7, 11) is 0. The van der Waals surface area contributed by atoms with Gasteiger partial charge in [0.1, 0.15) is 17.9 Å². The summed E-state index contributed by atoms with van der Waals surface area (Å²) >= 11 is 0. The first-order chi connectivity index (χ1) is 7.92. The highest BCUT2D eigenvalue weighted by Crippen LogP contribution is 2.24. The van der Waals surface area contributed by atoms with Crippen molar-refractivity contribution in [1.82, 2.24) is 0 Å². The lowest BCUT2D eigenvalue weighted by Gasteiger charge is -2.08. The zero-order valence-corrected chi connectivity index (χ0v) is 8.34. The SMILES string of the molecule is O=CCC#Cc1cc(OC(F)(F)F)ccc1F. The summed E-state index contributed by atoms with van der Waals surface area (Å²) in [5.41, 5.74) is -0.256. The third-order valence-corrected chi connectivity index (χ3v) is 1.58. The van der Waals surface area contributed by atoms with Crippen LogP contribution in [0.1, 0.15) is 12.0 Å². The average molecular weight is 246 g/mol. The van der Waals surface area contributed by atoms with Crippen LogP contribution in [-0.4, -0.2) is 12.6 Å². The molecule has 2 nitrogen and oxygen atoms in total. The highest BCUT2D eigenvalue weighted by Gasteiger charge is 2.31. The van der Waals surface area contributed by atoms with Crippen LogP contribution in [-0.2, 0) is 4.79 Å². The van der Waals surface area contributed by atoms with E-state index in [-0.39, 0.29) is 12.0 Å². The Kier molecular flexibility index (Phi) is 4.10. The van der Waals surface area contributed by atoms with Crippen molar-refractivity contribution in [3.63, 3.8) is 0 Å². The van der Waals surface area contributed by atoms with Gasteiger partial charge in [-0.2, -0.15) is 0 Å². The Hall–Kier alpha value is -2.03. The second-order valence-corrected chi connectivity index (χ2v) is 2.86. The number of aldehydes is 1. The molecule has 0 amide bonds. The first kappa shape index (κ1) is 13.0. The van der Waals surface area contributed by atoms with E-state index >= 15 is 0 Å². The van der Waals surface area contributed by atoms with Gasteiger partial charge in [0.25, 0.3) is 0 Å². The monoisotopic (exact) mass is 246 g/mol. The number of carbonyl (C=O) groups is 1. The number of carbonyl (C=O) groups excluding carboxylic acids is 1. The molecule has 1 aromatic carbocycles. The molecular formula is C11H6F4O2. The molecule has 6 heteroatoms. The molecular weight excluding hydrogens is 240 g/mol. The fourth-order valence-corrected chi connectivity index (χ4v) is 0.985. The summed E-state index contributed by atoms with van der Waals surface area (Å²) in [6.45, 7) is 0. The Morgan fingerprint density at radius 2 is 2.06 bits per heavy atom. The Labute approximate surface area is 94.2 Å². The Morgan fingerprint density at radius 1 is 1.35 bits per heavy atom. The normalized spacial score (nSPS) is 10.4. The van der Waals surface area contributed by atoms with E-state index in [4.69, 9.17) is 0 Å². The summed E-state index contributed by atoms with van der Waals surface area (Å²) in [5.74, 6) is 3.18. The molecule has 1 rings (SSSR count). The molecule has 0 spiro atoms. The van der Waals surface area contributed by atoms with E-state index < -0.39 is 17.9 Å². The van der Waals surface area contributed by atoms with Crippen molar-refractivity contribution in [3.05, 3.63) is 29.6 Å². The first-order valence-corrected chi connectivity index (χ1v) is 4.40. The fourth-order valence-electron chi connectivity index (χ4n) is 0.985. The van der Waals surface area contributed by atoms with E-state index in [0.29, 0.717) is 6.29 Å². The van der Waals surface area contributed by atoms with Gasteiger partial charge in [-0.1, -0.05) is 11.8 Å². The molecule has 0 fully saturated rings. The summed E-state index contributed by atoms with van der Waals surface area (Å²) in [6.07, 6.45) is -4.46.